The number of hydrogen-bond donors (Lipinski definition) is 2. The fraction of sp³-hybridized carbons (Fsp3) is 0.875. The summed E-state index contributed by atoms with van der Waals surface area (Å²) in [6, 6.07) is 0. The summed E-state index contributed by atoms with van der Waals surface area (Å²) in [4.78, 5) is 22.3. The van der Waals surface area contributed by atoms with E-state index >= 15 is 0 Å². The van der Waals surface area contributed by atoms with Gasteiger partial charge in [0.15, 0.2) is 0 Å². The van der Waals surface area contributed by atoms with Crippen molar-refractivity contribution in [2.45, 2.75) is 84.0 Å². The molecule has 3 N–H and O–H groups in total. The van der Waals surface area contributed by atoms with E-state index in [0.29, 0.717) is 25.9 Å². The van der Waals surface area contributed by atoms with Crippen molar-refractivity contribution in [2.75, 3.05) is 6.61 Å². The normalized spacial score (nSPS) is 10.4. The number of hydrazine groups is 1. The molecule has 0 aliphatic heterocycles. The summed E-state index contributed by atoms with van der Waals surface area (Å²) in [5, 5.41) is 0. The molecule has 0 saturated carbocycles. The average Bonchev–Trinajstić information content (AvgIpc) is 2.49. The van der Waals surface area contributed by atoms with Gasteiger partial charge >= 0.3 is 5.97 Å². The third-order valence-corrected chi connectivity index (χ3v) is 3.46. The first-order chi connectivity index (χ1) is 10.2. The van der Waals surface area contributed by atoms with Gasteiger partial charge in [0.05, 0.1) is 6.61 Å². The lowest BCUT2D eigenvalue weighted by atomic mass is 10.1. The number of rotatable bonds is 14. The zero-order chi connectivity index (χ0) is 15.8. The molecule has 0 heterocycles. The Morgan fingerprint density at radius 2 is 1.43 bits per heavy atom. The summed E-state index contributed by atoms with van der Waals surface area (Å²) < 4.78 is 5.05. The van der Waals surface area contributed by atoms with Gasteiger partial charge in [0, 0.05) is 12.8 Å². The molecule has 21 heavy (non-hydrogen) atoms. The minimum absolute atomic E-state index is 0.161. The van der Waals surface area contributed by atoms with Gasteiger partial charge in [-0.1, -0.05) is 58.3 Å². The topological polar surface area (TPSA) is 81.4 Å². The maximum absolute atomic E-state index is 11.4. The highest BCUT2D eigenvalue weighted by Gasteiger charge is 2.04. The van der Waals surface area contributed by atoms with Gasteiger partial charge in [-0.15, -0.1) is 0 Å². The lowest BCUT2D eigenvalue weighted by molar-refractivity contribution is -0.144. The van der Waals surface area contributed by atoms with Crippen molar-refractivity contribution < 1.29 is 14.3 Å². The minimum Gasteiger partial charge on any atom is -0.466 e. The van der Waals surface area contributed by atoms with Crippen molar-refractivity contribution in [3.63, 3.8) is 0 Å². The van der Waals surface area contributed by atoms with E-state index < -0.39 is 0 Å². The van der Waals surface area contributed by atoms with E-state index in [4.69, 9.17) is 10.6 Å². The predicted octanol–water partition coefficient (Wildman–Crippen LogP) is 3.22. The van der Waals surface area contributed by atoms with Crippen LogP contribution in [0.3, 0.4) is 0 Å². The molecule has 0 aromatic carbocycles. The second-order valence-corrected chi connectivity index (χ2v) is 5.47. The second-order valence-electron chi connectivity index (χ2n) is 5.47. The molecule has 0 aromatic rings. The summed E-state index contributed by atoms with van der Waals surface area (Å²) in [7, 11) is 0. The second kappa shape index (κ2) is 15.3. The highest BCUT2D eigenvalue weighted by Crippen LogP contribution is 2.10. The first kappa shape index (κ1) is 19.9. The van der Waals surface area contributed by atoms with Gasteiger partial charge in [0.1, 0.15) is 0 Å². The number of esters is 1. The van der Waals surface area contributed by atoms with E-state index in [0.717, 1.165) is 12.8 Å². The summed E-state index contributed by atoms with van der Waals surface area (Å²) in [6.07, 6.45) is 12.4. The maximum Gasteiger partial charge on any atom is 0.305 e. The van der Waals surface area contributed by atoms with Gasteiger partial charge in [-0.25, -0.2) is 5.84 Å². The van der Waals surface area contributed by atoms with Crippen molar-refractivity contribution in [3.8, 4) is 0 Å². The molecule has 0 aromatic heterocycles. The first-order valence-electron chi connectivity index (χ1n) is 8.35. The average molecular weight is 300 g/mol. The molecule has 5 heteroatoms. The highest BCUT2D eigenvalue weighted by atomic mass is 16.5. The van der Waals surface area contributed by atoms with Crippen LogP contribution in [0, 0.1) is 0 Å². The van der Waals surface area contributed by atoms with Gasteiger partial charge in [-0.2, -0.15) is 0 Å². The van der Waals surface area contributed by atoms with Crippen molar-refractivity contribution >= 4 is 11.9 Å². The van der Waals surface area contributed by atoms with Gasteiger partial charge in [0.25, 0.3) is 0 Å². The fourth-order valence-electron chi connectivity index (χ4n) is 2.14. The number of hydrogen-bond acceptors (Lipinski definition) is 4. The summed E-state index contributed by atoms with van der Waals surface area (Å²) in [6.45, 7) is 2.52. The van der Waals surface area contributed by atoms with Crippen LogP contribution in [0.2, 0.25) is 0 Å². The summed E-state index contributed by atoms with van der Waals surface area (Å²) in [5.74, 6) is 4.55. The Balaban J connectivity index is 3.21. The minimum atomic E-state index is -0.231. The van der Waals surface area contributed by atoms with Crippen molar-refractivity contribution in [1.82, 2.24) is 5.43 Å². The SMILES string of the molecule is CCCCCCCCCCCC(=O)OCCCC(=O)NN. The summed E-state index contributed by atoms with van der Waals surface area (Å²) >= 11 is 0. The van der Waals surface area contributed by atoms with Crippen LogP contribution in [0.15, 0.2) is 0 Å². The van der Waals surface area contributed by atoms with E-state index in [2.05, 4.69) is 6.92 Å². The number of nitrogens with one attached hydrogen (secondary N) is 1. The highest BCUT2D eigenvalue weighted by molar-refractivity contribution is 5.75. The maximum atomic E-state index is 11.4. The fourth-order valence-corrected chi connectivity index (χ4v) is 2.14. The molecule has 0 fully saturated rings. The number of carbonyl (C=O) groups excluding carboxylic acids is 2. The zero-order valence-corrected chi connectivity index (χ0v) is 13.5. The van der Waals surface area contributed by atoms with Crippen LogP contribution >= 0.6 is 0 Å². The molecule has 0 bridgehead atoms. The van der Waals surface area contributed by atoms with Crippen LogP contribution in [0.1, 0.15) is 84.0 Å². The van der Waals surface area contributed by atoms with Crippen LogP contribution in [0.25, 0.3) is 0 Å². The van der Waals surface area contributed by atoms with E-state index in [9.17, 15) is 9.59 Å². The number of unbranched alkanes of at least 4 members (excludes halogenated alkanes) is 8. The summed E-state index contributed by atoms with van der Waals surface area (Å²) in [5.41, 5.74) is 2.04. The first-order valence-corrected chi connectivity index (χ1v) is 8.35. The Morgan fingerprint density at radius 3 is 2.00 bits per heavy atom. The van der Waals surface area contributed by atoms with E-state index in [1.807, 2.05) is 5.43 Å². The van der Waals surface area contributed by atoms with Crippen molar-refractivity contribution in [1.29, 1.82) is 0 Å². The lowest BCUT2D eigenvalue weighted by Crippen LogP contribution is -2.29. The zero-order valence-electron chi connectivity index (χ0n) is 13.5. The Morgan fingerprint density at radius 1 is 0.857 bits per heavy atom. The number of nitrogens with two attached hydrogens (primary N) is 1. The van der Waals surface area contributed by atoms with Gasteiger partial charge in [-0.3, -0.25) is 15.0 Å². The van der Waals surface area contributed by atoms with E-state index in [-0.39, 0.29) is 11.9 Å². The van der Waals surface area contributed by atoms with Crippen LogP contribution in [-0.2, 0) is 14.3 Å². The molecule has 0 radical (unpaired) electrons. The molecule has 0 aliphatic carbocycles. The molecular formula is C16H32N2O3. The molecule has 5 nitrogen and oxygen atoms in total. The molecule has 124 valence electrons. The molecule has 0 rings (SSSR count). The standard InChI is InChI=1S/C16H32N2O3/c1-2-3-4-5-6-7-8-9-10-13-16(20)21-14-11-12-15(19)18-17/h2-14,17H2,1H3,(H,18,19). The molecular weight excluding hydrogens is 268 g/mol. The Kier molecular flexibility index (Phi) is 14.5. The number of amides is 1. The van der Waals surface area contributed by atoms with Gasteiger partial charge in [0.2, 0.25) is 5.91 Å². The van der Waals surface area contributed by atoms with Crippen LogP contribution in [0.4, 0.5) is 0 Å². The van der Waals surface area contributed by atoms with E-state index in [1.165, 1.54) is 44.9 Å². The Labute approximate surface area is 129 Å². The number of carbonyl (C=O) groups is 2. The molecule has 0 atom stereocenters. The van der Waals surface area contributed by atoms with Crippen molar-refractivity contribution in [3.05, 3.63) is 0 Å². The molecule has 0 saturated heterocycles. The quantitative estimate of drug-likeness (QED) is 0.170. The van der Waals surface area contributed by atoms with Gasteiger partial charge < -0.3 is 4.74 Å². The Hall–Kier alpha value is -1.10. The third-order valence-electron chi connectivity index (χ3n) is 3.46. The van der Waals surface area contributed by atoms with Gasteiger partial charge in [-0.05, 0) is 12.8 Å². The molecule has 0 unspecified atom stereocenters. The Bertz CT molecular complexity index is 270. The van der Waals surface area contributed by atoms with Crippen LogP contribution in [-0.4, -0.2) is 18.5 Å². The lowest BCUT2D eigenvalue weighted by Gasteiger charge is -2.05. The monoisotopic (exact) mass is 300 g/mol. The molecule has 1 amide bonds. The van der Waals surface area contributed by atoms with E-state index in [1.54, 1.807) is 0 Å². The molecule has 0 aliphatic rings. The van der Waals surface area contributed by atoms with Crippen molar-refractivity contribution in [2.24, 2.45) is 5.84 Å². The predicted molar refractivity (Wildman–Crippen MR) is 84.4 cm³/mol. The smallest absolute Gasteiger partial charge is 0.305 e. The number of ether oxygens (including phenoxy) is 1. The van der Waals surface area contributed by atoms with Crippen LogP contribution < -0.4 is 11.3 Å². The third kappa shape index (κ3) is 15.1. The van der Waals surface area contributed by atoms with Crippen LogP contribution in [0.5, 0.6) is 0 Å². The largest absolute Gasteiger partial charge is 0.466 e. The molecule has 0 spiro atoms.